The summed E-state index contributed by atoms with van der Waals surface area (Å²) in [6.07, 6.45) is 2.79. The third kappa shape index (κ3) is 3.44. The number of fused-ring (bicyclic) bond motifs is 1. The molecular weight excluding hydrogens is 288 g/mol. The molecule has 0 radical (unpaired) electrons. The average Bonchev–Trinajstić information content (AvgIpc) is 2.78. The summed E-state index contributed by atoms with van der Waals surface area (Å²) in [7, 11) is 0. The first kappa shape index (κ1) is 15.7. The molecule has 0 atom stereocenters. The van der Waals surface area contributed by atoms with Crippen LogP contribution in [-0.4, -0.2) is 47.0 Å². The highest BCUT2D eigenvalue weighted by molar-refractivity contribution is 5.81. The summed E-state index contributed by atoms with van der Waals surface area (Å²) < 4.78 is 0. The van der Waals surface area contributed by atoms with Crippen molar-refractivity contribution in [2.24, 2.45) is 5.41 Å². The molecule has 5 nitrogen and oxygen atoms in total. The molecule has 1 saturated heterocycles. The summed E-state index contributed by atoms with van der Waals surface area (Å²) in [4.78, 5) is 25.9. The molecule has 0 saturated carbocycles. The van der Waals surface area contributed by atoms with E-state index in [1.807, 2.05) is 56.1 Å². The van der Waals surface area contributed by atoms with Crippen LogP contribution in [0.15, 0.2) is 30.5 Å². The fourth-order valence-electron chi connectivity index (χ4n) is 2.92. The Morgan fingerprint density at radius 1 is 1.04 bits per heavy atom. The fourth-order valence-corrected chi connectivity index (χ4v) is 2.92. The maximum atomic E-state index is 12.5. The van der Waals surface area contributed by atoms with E-state index in [1.54, 1.807) is 0 Å². The summed E-state index contributed by atoms with van der Waals surface area (Å²) in [5.74, 6) is 1.12. The number of carbonyl (C=O) groups excluding carboxylic acids is 1. The van der Waals surface area contributed by atoms with Crippen LogP contribution in [-0.2, 0) is 4.79 Å². The van der Waals surface area contributed by atoms with Crippen LogP contribution in [0, 0.1) is 5.41 Å². The molecule has 23 heavy (non-hydrogen) atoms. The lowest BCUT2D eigenvalue weighted by atomic mass is 9.94. The van der Waals surface area contributed by atoms with Gasteiger partial charge in [0.2, 0.25) is 5.91 Å². The van der Waals surface area contributed by atoms with Crippen LogP contribution in [0.5, 0.6) is 0 Å². The largest absolute Gasteiger partial charge is 0.353 e. The summed E-state index contributed by atoms with van der Waals surface area (Å²) >= 11 is 0. The molecule has 122 valence electrons. The van der Waals surface area contributed by atoms with Gasteiger partial charge in [0.15, 0.2) is 0 Å². The third-order valence-electron chi connectivity index (χ3n) is 4.18. The van der Waals surface area contributed by atoms with Gasteiger partial charge in [-0.05, 0) is 18.6 Å². The van der Waals surface area contributed by atoms with Crippen molar-refractivity contribution in [3.63, 3.8) is 0 Å². The molecule has 0 unspecified atom stereocenters. The van der Waals surface area contributed by atoms with Gasteiger partial charge in [-0.2, -0.15) is 0 Å². The minimum atomic E-state index is -0.322. The number of para-hydroxylation sites is 2. The third-order valence-corrected chi connectivity index (χ3v) is 4.18. The van der Waals surface area contributed by atoms with Gasteiger partial charge < -0.3 is 9.80 Å². The molecule has 0 bridgehead atoms. The molecule has 1 aromatic heterocycles. The predicted octanol–water partition coefficient (Wildman–Crippen LogP) is 2.71. The number of amides is 1. The van der Waals surface area contributed by atoms with Crippen LogP contribution >= 0.6 is 0 Å². The normalized spacial score (nSPS) is 16.5. The number of aromatic nitrogens is 2. The second kappa shape index (κ2) is 6.14. The van der Waals surface area contributed by atoms with Crippen LogP contribution in [0.4, 0.5) is 5.82 Å². The smallest absolute Gasteiger partial charge is 0.228 e. The lowest BCUT2D eigenvalue weighted by molar-refractivity contribution is -0.139. The van der Waals surface area contributed by atoms with E-state index in [0.717, 1.165) is 49.5 Å². The maximum absolute atomic E-state index is 12.5. The summed E-state index contributed by atoms with van der Waals surface area (Å²) in [5.41, 5.74) is 1.50. The molecule has 1 aliphatic rings. The van der Waals surface area contributed by atoms with Gasteiger partial charge in [-0.15, -0.1) is 0 Å². The molecule has 1 aromatic carbocycles. The quantitative estimate of drug-likeness (QED) is 0.812. The van der Waals surface area contributed by atoms with E-state index in [2.05, 4.69) is 9.88 Å². The molecule has 0 N–H and O–H groups in total. The monoisotopic (exact) mass is 312 g/mol. The minimum Gasteiger partial charge on any atom is -0.353 e. The standard InChI is InChI=1S/C18H24N4O/c1-18(2,3)17(23)22-10-6-9-21(11-12-22)16-13-19-14-7-4-5-8-15(14)20-16/h4-5,7-8,13H,6,9-12H2,1-3H3. The Labute approximate surface area is 137 Å². The van der Waals surface area contributed by atoms with Gasteiger partial charge in [-0.25, -0.2) is 4.98 Å². The average molecular weight is 312 g/mol. The second-order valence-electron chi connectivity index (χ2n) is 7.10. The zero-order valence-corrected chi connectivity index (χ0v) is 14.1. The van der Waals surface area contributed by atoms with Gasteiger partial charge >= 0.3 is 0 Å². The van der Waals surface area contributed by atoms with Crippen molar-refractivity contribution in [1.82, 2.24) is 14.9 Å². The van der Waals surface area contributed by atoms with Crippen molar-refractivity contribution in [2.45, 2.75) is 27.2 Å². The first-order valence-electron chi connectivity index (χ1n) is 8.21. The Morgan fingerprint density at radius 3 is 2.52 bits per heavy atom. The molecule has 2 aromatic rings. The topological polar surface area (TPSA) is 49.3 Å². The van der Waals surface area contributed by atoms with Crippen molar-refractivity contribution in [1.29, 1.82) is 0 Å². The highest BCUT2D eigenvalue weighted by Crippen LogP contribution is 2.21. The predicted molar refractivity (Wildman–Crippen MR) is 92.4 cm³/mol. The lowest BCUT2D eigenvalue weighted by Crippen LogP contribution is -2.41. The Balaban J connectivity index is 1.75. The number of hydrogen-bond acceptors (Lipinski definition) is 4. The van der Waals surface area contributed by atoms with Crippen LogP contribution in [0.1, 0.15) is 27.2 Å². The van der Waals surface area contributed by atoms with E-state index in [1.165, 1.54) is 0 Å². The van der Waals surface area contributed by atoms with Crippen molar-refractivity contribution in [2.75, 3.05) is 31.1 Å². The van der Waals surface area contributed by atoms with E-state index in [4.69, 9.17) is 4.98 Å². The number of carbonyl (C=O) groups is 1. The summed E-state index contributed by atoms with van der Waals surface area (Å²) in [6, 6.07) is 7.91. The van der Waals surface area contributed by atoms with Crippen molar-refractivity contribution in [3.05, 3.63) is 30.5 Å². The van der Waals surface area contributed by atoms with Crippen LogP contribution in [0.25, 0.3) is 11.0 Å². The van der Waals surface area contributed by atoms with Crippen LogP contribution < -0.4 is 4.90 Å². The molecule has 0 aliphatic carbocycles. The van der Waals surface area contributed by atoms with Gasteiger partial charge in [0, 0.05) is 31.6 Å². The van der Waals surface area contributed by atoms with Crippen LogP contribution in [0.3, 0.4) is 0 Å². The van der Waals surface area contributed by atoms with E-state index in [9.17, 15) is 4.79 Å². The molecular formula is C18H24N4O. The van der Waals surface area contributed by atoms with E-state index < -0.39 is 0 Å². The Morgan fingerprint density at radius 2 is 1.78 bits per heavy atom. The number of nitrogens with zero attached hydrogens (tertiary/aromatic N) is 4. The van der Waals surface area contributed by atoms with E-state index >= 15 is 0 Å². The highest BCUT2D eigenvalue weighted by Gasteiger charge is 2.28. The van der Waals surface area contributed by atoms with E-state index in [-0.39, 0.29) is 11.3 Å². The van der Waals surface area contributed by atoms with Crippen LogP contribution in [0.2, 0.25) is 0 Å². The molecule has 5 heteroatoms. The Hall–Kier alpha value is -2.17. The Kier molecular flexibility index (Phi) is 4.20. The Bertz CT molecular complexity index is 707. The first-order valence-corrected chi connectivity index (χ1v) is 8.21. The van der Waals surface area contributed by atoms with Gasteiger partial charge in [-0.1, -0.05) is 32.9 Å². The van der Waals surface area contributed by atoms with Crippen molar-refractivity contribution in [3.8, 4) is 0 Å². The fraction of sp³-hybridized carbons (Fsp3) is 0.500. The summed E-state index contributed by atoms with van der Waals surface area (Å²) in [5, 5.41) is 0. The lowest BCUT2D eigenvalue weighted by Gasteiger charge is -2.28. The SMILES string of the molecule is CC(C)(C)C(=O)N1CCCN(c2cnc3ccccc3n2)CC1. The maximum Gasteiger partial charge on any atom is 0.228 e. The highest BCUT2D eigenvalue weighted by atomic mass is 16.2. The van der Waals surface area contributed by atoms with Gasteiger partial charge in [-0.3, -0.25) is 9.78 Å². The summed E-state index contributed by atoms with van der Waals surface area (Å²) in [6.45, 7) is 9.19. The number of anilines is 1. The van der Waals surface area contributed by atoms with Crippen molar-refractivity contribution >= 4 is 22.8 Å². The minimum absolute atomic E-state index is 0.226. The first-order chi connectivity index (χ1) is 10.9. The second-order valence-corrected chi connectivity index (χ2v) is 7.10. The number of hydrogen-bond donors (Lipinski definition) is 0. The molecule has 3 rings (SSSR count). The van der Waals surface area contributed by atoms with Gasteiger partial charge in [0.1, 0.15) is 5.82 Å². The van der Waals surface area contributed by atoms with Gasteiger partial charge in [0.25, 0.3) is 0 Å². The molecule has 2 heterocycles. The zero-order chi connectivity index (χ0) is 16.4. The molecule has 1 amide bonds. The molecule has 1 aliphatic heterocycles. The molecule has 1 fully saturated rings. The van der Waals surface area contributed by atoms with E-state index in [0.29, 0.717) is 0 Å². The zero-order valence-electron chi connectivity index (χ0n) is 14.1. The molecule has 0 spiro atoms. The number of benzene rings is 1. The van der Waals surface area contributed by atoms with Crippen molar-refractivity contribution < 1.29 is 4.79 Å². The number of rotatable bonds is 1. The van der Waals surface area contributed by atoms with Gasteiger partial charge in [0.05, 0.1) is 17.2 Å².